The number of carboxylic acid groups (broad SMARTS) is 2. The van der Waals surface area contributed by atoms with E-state index in [9.17, 15) is 34.5 Å². The van der Waals surface area contributed by atoms with Gasteiger partial charge in [0.15, 0.2) is 29.8 Å². The fourth-order valence-corrected chi connectivity index (χ4v) is 6.95. The predicted molar refractivity (Wildman–Crippen MR) is 130 cm³/mol. The molecule has 4 aliphatic rings. The molecule has 40 heavy (non-hydrogen) atoms. The number of carbonyl (C=O) groups is 4. The first-order valence-electron chi connectivity index (χ1n) is 12.9. The molecule has 1 unspecified atom stereocenters. The maximum atomic E-state index is 12.9. The van der Waals surface area contributed by atoms with E-state index in [1.54, 1.807) is 6.07 Å². The van der Waals surface area contributed by atoms with E-state index in [0.717, 1.165) is 17.5 Å². The molecule has 0 radical (unpaired) electrons. The summed E-state index contributed by atoms with van der Waals surface area (Å²) in [6.45, 7) is 2.09. The highest BCUT2D eigenvalue weighted by atomic mass is 16.6. The van der Waals surface area contributed by atoms with Gasteiger partial charge in [-0.25, -0.2) is 14.4 Å². The maximum absolute atomic E-state index is 12.9. The standard InChI is InChI=1S/C27H30O13/c1-11-5-7-26-18-12-3-4-14(37-2)21(18)40-22(26)15(6-8-27(26,36)13(11)9-12)38-24(34)19(30)20(31)25(35)39-16(23(32)33)10-17(28)29/h3-4,6,11,13,16,19-20,22,30-31,36H,5,7-10H2,1-2H3,(H,28,29)(H,32,33)/t11?,13-,16-,19+,20+,22-,26-,27+/m0/s1. The Morgan fingerprint density at radius 3 is 2.48 bits per heavy atom. The van der Waals surface area contributed by atoms with Crippen LogP contribution in [0, 0.1) is 11.8 Å². The third-order valence-electron chi connectivity index (χ3n) is 8.83. The molecule has 5 rings (SSSR count). The Morgan fingerprint density at radius 1 is 1.12 bits per heavy atom. The molecule has 13 nitrogen and oxygen atoms in total. The quantitative estimate of drug-likeness (QED) is 0.253. The number of methoxy groups -OCH3 is 1. The number of ether oxygens (including phenoxy) is 4. The average molecular weight is 563 g/mol. The van der Waals surface area contributed by atoms with Crippen LogP contribution >= 0.6 is 0 Å². The molecule has 1 fully saturated rings. The maximum Gasteiger partial charge on any atom is 0.345 e. The minimum Gasteiger partial charge on any atom is -0.493 e. The van der Waals surface area contributed by atoms with Gasteiger partial charge in [0.1, 0.15) is 5.76 Å². The molecule has 13 heteroatoms. The normalized spacial score (nSPS) is 31.4. The molecule has 216 valence electrons. The van der Waals surface area contributed by atoms with Gasteiger partial charge in [-0.1, -0.05) is 13.0 Å². The number of aliphatic carboxylic acids is 2. The Hall–Kier alpha value is -3.68. The van der Waals surface area contributed by atoms with Crippen molar-refractivity contribution in [2.45, 2.75) is 74.5 Å². The molecule has 0 saturated heterocycles. The molecule has 0 amide bonds. The van der Waals surface area contributed by atoms with Crippen LogP contribution in [0.1, 0.15) is 43.7 Å². The van der Waals surface area contributed by atoms with E-state index in [1.165, 1.54) is 13.2 Å². The van der Waals surface area contributed by atoms with Crippen molar-refractivity contribution in [2.24, 2.45) is 11.8 Å². The van der Waals surface area contributed by atoms with Crippen molar-refractivity contribution >= 4 is 23.9 Å². The predicted octanol–water partition coefficient (Wildman–Crippen LogP) is 0.0510. The highest BCUT2D eigenvalue weighted by Gasteiger charge is 2.72. The van der Waals surface area contributed by atoms with Crippen molar-refractivity contribution < 1.29 is 63.7 Å². The average Bonchev–Trinajstić information content (AvgIpc) is 3.26. The van der Waals surface area contributed by atoms with Crippen molar-refractivity contribution in [2.75, 3.05) is 7.11 Å². The Kier molecular flexibility index (Phi) is 6.79. The summed E-state index contributed by atoms with van der Waals surface area (Å²) in [5.41, 5.74) is -0.389. The van der Waals surface area contributed by atoms with Gasteiger partial charge < -0.3 is 44.5 Å². The topological polar surface area (TPSA) is 206 Å². The lowest BCUT2D eigenvalue weighted by Gasteiger charge is -2.61. The number of carboxylic acids is 2. The molecule has 1 spiro atoms. The summed E-state index contributed by atoms with van der Waals surface area (Å²) in [6, 6.07) is 3.73. The largest absolute Gasteiger partial charge is 0.493 e. The van der Waals surface area contributed by atoms with Crippen LogP contribution in [0.5, 0.6) is 11.5 Å². The number of esters is 2. The number of aliphatic hydroxyl groups excluding tert-OH is 2. The van der Waals surface area contributed by atoms with Gasteiger partial charge in [0.05, 0.1) is 24.5 Å². The molecular formula is C27H30O13. The van der Waals surface area contributed by atoms with Crippen LogP contribution in [0.2, 0.25) is 0 Å². The van der Waals surface area contributed by atoms with Gasteiger partial charge in [-0.05, 0) is 55.2 Å². The molecule has 3 aliphatic carbocycles. The van der Waals surface area contributed by atoms with Gasteiger partial charge >= 0.3 is 23.9 Å². The second kappa shape index (κ2) is 9.75. The summed E-state index contributed by atoms with van der Waals surface area (Å²) in [5.74, 6) is -5.58. The number of hydrogen-bond acceptors (Lipinski definition) is 11. The zero-order chi connectivity index (χ0) is 29.1. The zero-order valence-electron chi connectivity index (χ0n) is 21.7. The number of hydrogen-bond donors (Lipinski definition) is 5. The van der Waals surface area contributed by atoms with Crippen LogP contribution in [-0.4, -0.2) is 86.5 Å². The second-order valence-electron chi connectivity index (χ2n) is 10.8. The molecule has 1 saturated carbocycles. The zero-order valence-corrected chi connectivity index (χ0v) is 21.7. The van der Waals surface area contributed by atoms with Gasteiger partial charge in [0, 0.05) is 5.56 Å². The van der Waals surface area contributed by atoms with Gasteiger partial charge in [-0.3, -0.25) is 4.79 Å². The van der Waals surface area contributed by atoms with Crippen molar-refractivity contribution in [3.8, 4) is 11.5 Å². The van der Waals surface area contributed by atoms with Crippen molar-refractivity contribution in [3.05, 3.63) is 35.1 Å². The Balaban J connectivity index is 1.41. The minimum absolute atomic E-state index is 0.0250. The molecule has 8 atom stereocenters. The summed E-state index contributed by atoms with van der Waals surface area (Å²) in [4.78, 5) is 47.1. The fourth-order valence-electron chi connectivity index (χ4n) is 6.95. The van der Waals surface area contributed by atoms with Gasteiger partial charge in [0.2, 0.25) is 6.10 Å². The van der Waals surface area contributed by atoms with Crippen LogP contribution < -0.4 is 9.47 Å². The minimum atomic E-state index is -2.56. The van der Waals surface area contributed by atoms with Crippen molar-refractivity contribution in [3.63, 3.8) is 0 Å². The number of benzene rings is 1. The van der Waals surface area contributed by atoms with E-state index in [0.29, 0.717) is 24.3 Å². The second-order valence-corrected chi connectivity index (χ2v) is 10.8. The summed E-state index contributed by atoms with van der Waals surface area (Å²) < 4.78 is 21.8. The van der Waals surface area contributed by atoms with Crippen LogP contribution in [0.15, 0.2) is 24.0 Å². The van der Waals surface area contributed by atoms with E-state index < -0.39 is 65.7 Å². The van der Waals surface area contributed by atoms with Crippen molar-refractivity contribution in [1.29, 1.82) is 0 Å². The first-order valence-corrected chi connectivity index (χ1v) is 12.9. The third kappa shape index (κ3) is 3.94. The van der Waals surface area contributed by atoms with Gasteiger partial charge in [-0.15, -0.1) is 0 Å². The first-order chi connectivity index (χ1) is 18.9. The number of carbonyl (C=O) groups excluding carboxylic acids is 2. The Labute approximate surface area is 227 Å². The number of rotatable bonds is 9. The molecule has 1 heterocycles. The molecule has 1 aromatic carbocycles. The molecule has 1 aliphatic heterocycles. The Bertz CT molecular complexity index is 1300. The third-order valence-corrected chi connectivity index (χ3v) is 8.83. The summed E-state index contributed by atoms with van der Waals surface area (Å²) in [6.07, 6.45) is -5.73. The first kappa shape index (κ1) is 27.9. The van der Waals surface area contributed by atoms with Crippen molar-refractivity contribution in [1.82, 2.24) is 0 Å². The van der Waals surface area contributed by atoms with Crippen LogP contribution in [0.25, 0.3) is 0 Å². The highest BCUT2D eigenvalue weighted by molar-refractivity contribution is 5.88. The lowest BCUT2D eigenvalue weighted by molar-refractivity contribution is -0.184. The molecule has 5 N–H and O–H groups in total. The summed E-state index contributed by atoms with van der Waals surface area (Å²) in [7, 11) is 1.49. The SMILES string of the molecule is COc1ccc2c3c1O[C@H]1C(OC(=O)[C@H](O)[C@@H](O)C(=O)O[C@@H](CC(=O)O)C(=O)O)=CC[C@@]4(O)[C@@H](C2)C(C)CC[C@]314. The van der Waals surface area contributed by atoms with Gasteiger partial charge in [0.25, 0.3) is 0 Å². The fraction of sp³-hybridized carbons (Fsp3) is 0.556. The Morgan fingerprint density at radius 2 is 1.82 bits per heavy atom. The number of aliphatic hydroxyl groups is 3. The monoisotopic (exact) mass is 562 g/mol. The van der Waals surface area contributed by atoms with E-state index >= 15 is 0 Å². The van der Waals surface area contributed by atoms with E-state index in [4.69, 9.17) is 24.4 Å². The molecule has 1 aromatic rings. The summed E-state index contributed by atoms with van der Waals surface area (Å²) >= 11 is 0. The summed E-state index contributed by atoms with van der Waals surface area (Å²) in [5, 5.41) is 50.6. The lowest BCUT2D eigenvalue weighted by Crippen LogP contribution is -2.69. The highest BCUT2D eigenvalue weighted by Crippen LogP contribution is 2.68. The molecule has 0 aromatic heterocycles. The lowest BCUT2D eigenvalue weighted by atomic mass is 9.45. The smallest absolute Gasteiger partial charge is 0.345 e. The van der Waals surface area contributed by atoms with E-state index in [2.05, 4.69) is 11.7 Å². The van der Waals surface area contributed by atoms with Gasteiger partial charge in [-0.2, -0.15) is 0 Å². The van der Waals surface area contributed by atoms with E-state index in [-0.39, 0.29) is 24.0 Å². The van der Waals surface area contributed by atoms with E-state index in [1.807, 2.05) is 6.07 Å². The van der Waals surface area contributed by atoms with Crippen LogP contribution in [0.4, 0.5) is 0 Å². The molecular weight excluding hydrogens is 532 g/mol. The molecule has 2 bridgehead atoms. The van der Waals surface area contributed by atoms with Crippen LogP contribution in [-0.2, 0) is 40.5 Å². The van der Waals surface area contributed by atoms with Crippen LogP contribution in [0.3, 0.4) is 0 Å².